The van der Waals surface area contributed by atoms with Crippen LogP contribution in [0.25, 0.3) is 0 Å². The van der Waals surface area contributed by atoms with Crippen molar-refractivity contribution in [3.63, 3.8) is 0 Å². The lowest BCUT2D eigenvalue weighted by Crippen LogP contribution is -2.12. The quantitative estimate of drug-likeness (QED) is 0.745. The van der Waals surface area contributed by atoms with Gasteiger partial charge >= 0.3 is 0 Å². The summed E-state index contributed by atoms with van der Waals surface area (Å²) in [6.07, 6.45) is 4.71. The maximum absolute atomic E-state index is 6.27. The van der Waals surface area contributed by atoms with Crippen molar-refractivity contribution in [2.45, 2.75) is 72.8 Å². The zero-order valence-corrected chi connectivity index (χ0v) is 12.7. The SMILES string of the molecule is CCCCCc1nc(C(C)C)n(CC(C)C)c1N. The summed E-state index contributed by atoms with van der Waals surface area (Å²) in [7, 11) is 0. The van der Waals surface area contributed by atoms with Crippen LogP contribution in [0.5, 0.6) is 0 Å². The van der Waals surface area contributed by atoms with Crippen LogP contribution in [-0.4, -0.2) is 9.55 Å². The van der Waals surface area contributed by atoms with Crippen molar-refractivity contribution in [1.29, 1.82) is 0 Å². The van der Waals surface area contributed by atoms with Crippen LogP contribution in [0.15, 0.2) is 0 Å². The fourth-order valence-electron chi connectivity index (χ4n) is 2.26. The maximum Gasteiger partial charge on any atom is 0.126 e. The van der Waals surface area contributed by atoms with Crippen LogP contribution < -0.4 is 5.73 Å². The van der Waals surface area contributed by atoms with Crippen LogP contribution in [0.1, 0.15) is 71.3 Å². The van der Waals surface area contributed by atoms with E-state index in [-0.39, 0.29) is 0 Å². The Morgan fingerprint density at radius 3 is 2.33 bits per heavy atom. The lowest BCUT2D eigenvalue weighted by atomic mass is 10.1. The Kier molecular flexibility index (Phi) is 5.70. The molecule has 0 amide bonds. The molecule has 1 aromatic heterocycles. The Labute approximate surface area is 112 Å². The van der Waals surface area contributed by atoms with E-state index in [1.807, 2.05) is 0 Å². The first-order chi connectivity index (χ1) is 8.47. The predicted octanol–water partition coefficient (Wildman–Crippen LogP) is 3.98. The molecule has 3 heteroatoms. The number of nitrogen functional groups attached to an aromatic ring is 1. The van der Waals surface area contributed by atoms with Gasteiger partial charge in [0, 0.05) is 12.5 Å². The van der Waals surface area contributed by atoms with E-state index in [1.165, 1.54) is 19.3 Å². The Hall–Kier alpha value is -0.990. The smallest absolute Gasteiger partial charge is 0.126 e. The van der Waals surface area contributed by atoms with Crippen molar-refractivity contribution in [3.8, 4) is 0 Å². The summed E-state index contributed by atoms with van der Waals surface area (Å²) in [5.41, 5.74) is 7.38. The summed E-state index contributed by atoms with van der Waals surface area (Å²) in [4.78, 5) is 4.77. The topological polar surface area (TPSA) is 43.8 Å². The second kappa shape index (κ2) is 6.81. The molecule has 0 spiro atoms. The number of anilines is 1. The number of unbranched alkanes of at least 4 members (excludes halogenated alkanes) is 2. The lowest BCUT2D eigenvalue weighted by Gasteiger charge is -2.14. The van der Waals surface area contributed by atoms with Gasteiger partial charge in [-0.15, -0.1) is 0 Å². The fourth-order valence-corrected chi connectivity index (χ4v) is 2.26. The number of imidazole rings is 1. The Balaban J connectivity index is 2.92. The average Bonchev–Trinajstić information content (AvgIpc) is 2.57. The third kappa shape index (κ3) is 3.76. The Morgan fingerprint density at radius 2 is 1.83 bits per heavy atom. The number of nitrogens with two attached hydrogens (primary N) is 1. The van der Waals surface area contributed by atoms with Gasteiger partial charge in [0.15, 0.2) is 0 Å². The highest BCUT2D eigenvalue weighted by Crippen LogP contribution is 2.23. The van der Waals surface area contributed by atoms with Gasteiger partial charge in [-0.05, 0) is 18.8 Å². The first-order valence-electron chi connectivity index (χ1n) is 7.32. The molecule has 1 aromatic rings. The Morgan fingerprint density at radius 1 is 1.17 bits per heavy atom. The van der Waals surface area contributed by atoms with Crippen LogP contribution >= 0.6 is 0 Å². The van der Waals surface area contributed by atoms with Gasteiger partial charge in [0.1, 0.15) is 11.6 Å². The molecule has 18 heavy (non-hydrogen) atoms. The van der Waals surface area contributed by atoms with Crippen LogP contribution in [0.4, 0.5) is 5.82 Å². The largest absolute Gasteiger partial charge is 0.384 e. The fraction of sp³-hybridized carbons (Fsp3) is 0.800. The summed E-state index contributed by atoms with van der Waals surface area (Å²) in [5.74, 6) is 3.07. The summed E-state index contributed by atoms with van der Waals surface area (Å²) in [5, 5.41) is 0. The molecule has 2 N–H and O–H groups in total. The second-order valence-electron chi connectivity index (χ2n) is 5.92. The van der Waals surface area contributed by atoms with Crippen molar-refractivity contribution in [3.05, 3.63) is 11.5 Å². The molecule has 0 aliphatic carbocycles. The van der Waals surface area contributed by atoms with Gasteiger partial charge in [-0.3, -0.25) is 0 Å². The standard InChI is InChI=1S/C15H29N3/c1-6-7-8-9-13-14(16)18(10-11(2)3)15(17-13)12(4)5/h11-12H,6-10,16H2,1-5H3. The van der Waals surface area contributed by atoms with Gasteiger partial charge in [0.25, 0.3) is 0 Å². The molecule has 1 rings (SSSR count). The van der Waals surface area contributed by atoms with E-state index in [0.29, 0.717) is 11.8 Å². The van der Waals surface area contributed by atoms with E-state index in [4.69, 9.17) is 10.7 Å². The summed E-state index contributed by atoms with van der Waals surface area (Å²) >= 11 is 0. The molecular formula is C15H29N3. The van der Waals surface area contributed by atoms with E-state index in [1.54, 1.807) is 0 Å². The van der Waals surface area contributed by atoms with E-state index in [2.05, 4.69) is 39.2 Å². The van der Waals surface area contributed by atoms with Crippen LogP contribution in [0.2, 0.25) is 0 Å². The van der Waals surface area contributed by atoms with Gasteiger partial charge in [0.2, 0.25) is 0 Å². The summed E-state index contributed by atoms with van der Waals surface area (Å²) in [6.45, 7) is 12.0. The van der Waals surface area contributed by atoms with Gasteiger partial charge in [-0.25, -0.2) is 4.98 Å². The number of nitrogens with zero attached hydrogens (tertiary/aromatic N) is 2. The number of aryl methyl sites for hydroxylation is 1. The minimum atomic E-state index is 0.436. The molecule has 104 valence electrons. The molecule has 0 saturated heterocycles. The van der Waals surface area contributed by atoms with Gasteiger partial charge in [-0.2, -0.15) is 0 Å². The van der Waals surface area contributed by atoms with Crippen molar-refractivity contribution in [1.82, 2.24) is 9.55 Å². The third-order valence-electron chi connectivity index (χ3n) is 3.19. The average molecular weight is 251 g/mol. The Bertz CT molecular complexity index is 364. The van der Waals surface area contributed by atoms with Crippen LogP contribution in [-0.2, 0) is 13.0 Å². The predicted molar refractivity (Wildman–Crippen MR) is 78.8 cm³/mol. The molecule has 0 aliphatic rings. The molecule has 0 aromatic carbocycles. The highest BCUT2D eigenvalue weighted by atomic mass is 15.1. The molecular weight excluding hydrogens is 222 g/mol. The molecule has 3 nitrogen and oxygen atoms in total. The summed E-state index contributed by atoms with van der Waals surface area (Å²) < 4.78 is 2.22. The number of aromatic nitrogens is 2. The molecule has 0 atom stereocenters. The van der Waals surface area contributed by atoms with Crippen molar-refractivity contribution in [2.24, 2.45) is 5.92 Å². The molecule has 0 unspecified atom stereocenters. The van der Waals surface area contributed by atoms with Crippen LogP contribution in [0.3, 0.4) is 0 Å². The third-order valence-corrected chi connectivity index (χ3v) is 3.19. The van der Waals surface area contributed by atoms with E-state index in [0.717, 1.165) is 30.3 Å². The van der Waals surface area contributed by atoms with Gasteiger partial charge in [0.05, 0.1) is 5.69 Å². The van der Waals surface area contributed by atoms with E-state index in [9.17, 15) is 0 Å². The molecule has 0 radical (unpaired) electrons. The number of hydrogen-bond donors (Lipinski definition) is 1. The minimum absolute atomic E-state index is 0.436. The van der Waals surface area contributed by atoms with Crippen LogP contribution in [0, 0.1) is 5.92 Å². The molecule has 1 heterocycles. The lowest BCUT2D eigenvalue weighted by molar-refractivity contribution is 0.502. The normalized spacial score (nSPS) is 11.7. The van der Waals surface area contributed by atoms with Crippen molar-refractivity contribution >= 4 is 5.82 Å². The number of rotatable bonds is 7. The first-order valence-corrected chi connectivity index (χ1v) is 7.32. The van der Waals surface area contributed by atoms with Gasteiger partial charge < -0.3 is 10.3 Å². The zero-order chi connectivity index (χ0) is 13.7. The molecule has 0 bridgehead atoms. The second-order valence-corrected chi connectivity index (χ2v) is 5.92. The van der Waals surface area contributed by atoms with E-state index < -0.39 is 0 Å². The maximum atomic E-state index is 6.27. The first kappa shape index (κ1) is 15.1. The van der Waals surface area contributed by atoms with Crippen molar-refractivity contribution in [2.75, 3.05) is 5.73 Å². The van der Waals surface area contributed by atoms with Gasteiger partial charge in [-0.1, -0.05) is 47.5 Å². The summed E-state index contributed by atoms with van der Waals surface area (Å²) in [6, 6.07) is 0. The highest BCUT2D eigenvalue weighted by molar-refractivity contribution is 5.39. The molecule has 0 saturated carbocycles. The minimum Gasteiger partial charge on any atom is -0.384 e. The number of hydrogen-bond acceptors (Lipinski definition) is 2. The molecule has 0 fully saturated rings. The van der Waals surface area contributed by atoms with E-state index >= 15 is 0 Å². The highest BCUT2D eigenvalue weighted by Gasteiger charge is 2.17. The monoisotopic (exact) mass is 251 g/mol. The molecule has 0 aliphatic heterocycles. The zero-order valence-electron chi connectivity index (χ0n) is 12.7. The van der Waals surface area contributed by atoms with Crippen molar-refractivity contribution < 1.29 is 0 Å².